The zero-order valence-corrected chi connectivity index (χ0v) is 15.5. The number of amides is 2. The molecule has 2 rings (SSSR count). The Morgan fingerprint density at radius 3 is 2.20 bits per heavy atom. The number of rotatable bonds is 6. The van der Waals surface area contributed by atoms with E-state index in [0.29, 0.717) is 12.1 Å². The first-order valence-electron chi connectivity index (χ1n) is 7.85. The van der Waals surface area contributed by atoms with E-state index in [1.807, 2.05) is 30.3 Å². The van der Waals surface area contributed by atoms with Gasteiger partial charge in [0.25, 0.3) is 0 Å². The summed E-state index contributed by atoms with van der Waals surface area (Å²) in [6, 6.07) is 16.1. The fourth-order valence-corrected chi connectivity index (χ4v) is 3.45. The van der Waals surface area contributed by atoms with Crippen molar-refractivity contribution in [2.24, 2.45) is 0 Å². The Balaban J connectivity index is 2.05. The number of carbonyl (C=O) groups is 1. The minimum Gasteiger partial charge on any atom is -0.334 e. The predicted octanol–water partition coefficient (Wildman–Crippen LogP) is 2.28. The van der Waals surface area contributed by atoms with Crippen LogP contribution in [0.2, 0.25) is 0 Å². The molecule has 0 saturated heterocycles. The smallest absolute Gasteiger partial charge is 0.317 e. The van der Waals surface area contributed by atoms with E-state index >= 15 is 0 Å². The molecule has 2 aromatic rings. The van der Waals surface area contributed by atoms with Crippen molar-refractivity contribution in [2.45, 2.75) is 18.0 Å². The van der Waals surface area contributed by atoms with E-state index in [1.54, 1.807) is 36.2 Å². The van der Waals surface area contributed by atoms with Crippen LogP contribution in [0.5, 0.6) is 0 Å². The number of carbonyl (C=O) groups excluding carboxylic acids is 1. The van der Waals surface area contributed by atoms with Crippen LogP contribution in [-0.2, 0) is 23.1 Å². The summed E-state index contributed by atoms with van der Waals surface area (Å²) >= 11 is 0. The van der Waals surface area contributed by atoms with Gasteiger partial charge in [0.15, 0.2) is 0 Å². The number of nitrogens with zero attached hydrogens (tertiary/aromatic N) is 2. The highest BCUT2D eigenvalue weighted by Gasteiger charge is 2.21. The van der Waals surface area contributed by atoms with Crippen molar-refractivity contribution in [1.29, 1.82) is 0 Å². The number of benzene rings is 2. The predicted molar refractivity (Wildman–Crippen MR) is 97.5 cm³/mol. The van der Waals surface area contributed by atoms with E-state index in [9.17, 15) is 13.2 Å². The fourth-order valence-electron chi connectivity index (χ4n) is 2.33. The van der Waals surface area contributed by atoms with Crippen LogP contribution in [0.4, 0.5) is 4.79 Å². The summed E-state index contributed by atoms with van der Waals surface area (Å²) in [5.74, 6) is 0. The first-order chi connectivity index (χ1) is 11.8. The summed E-state index contributed by atoms with van der Waals surface area (Å²) < 4.78 is 25.9. The second-order valence-electron chi connectivity index (χ2n) is 5.90. The Morgan fingerprint density at radius 2 is 1.56 bits per heavy atom. The van der Waals surface area contributed by atoms with Gasteiger partial charge in [0.2, 0.25) is 10.0 Å². The van der Waals surface area contributed by atoms with Gasteiger partial charge in [-0.15, -0.1) is 0 Å². The maximum absolute atomic E-state index is 12.4. The van der Waals surface area contributed by atoms with Crippen molar-refractivity contribution in [3.63, 3.8) is 0 Å². The van der Waals surface area contributed by atoms with Gasteiger partial charge in [-0.1, -0.05) is 48.5 Å². The molecular formula is C18H23N3O3S. The Kier molecular flexibility index (Phi) is 6.17. The van der Waals surface area contributed by atoms with Crippen molar-refractivity contribution in [3.8, 4) is 0 Å². The van der Waals surface area contributed by atoms with Gasteiger partial charge >= 0.3 is 6.03 Å². The number of hydrogen-bond acceptors (Lipinski definition) is 3. The van der Waals surface area contributed by atoms with Gasteiger partial charge in [0, 0.05) is 34.2 Å². The van der Waals surface area contributed by atoms with Crippen molar-refractivity contribution in [1.82, 2.24) is 14.5 Å². The lowest BCUT2D eigenvalue weighted by molar-refractivity contribution is 0.206. The summed E-state index contributed by atoms with van der Waals surface area (Å²) in [4.78, 5) is 14.0. The highest BCUT2D eigenvalue weighted by Crippen LogP contribution is 2.18. The van der Waals surface area contributed by atoms with Crippen LogP contribution in [0.15, 0.2) is 59.5 Å². The molecule has 0 aromatic heterocycles. The van der Waals surface area contributed by atoms with Gasteiger partial charge in [-0.2, -0.15) is 0 Å². The molecule has 0 aliphatic carbocycles. The van der Waals surface area contributed by atoms with Crippen LogP contribution in [0, 0.1) is 0 Å². The molecule has 0 atom stereocenters. The Labute approximate surface area is 149 Å². The van der Waals surface area contributed by atoms with Crippen molar-refractivity contribution in [2.75, 3.05) is 21.1 Å². The molecule has 0 bridgehead atoms. The van der Waals surface area contributed by atoms with Crippen molar-refractivity contribution < 1.29 is 13.2 Å². The summed E-state index contributed by atoms with van der Waals surface area (Å²) in [6.45, 7) is 0.617. The van der Waals surface area contributed by atoms with Gasteiger partial charge < -0.3 is 10.2 Å². The standard InChI is InChI=1S/C18H23N3O3S/c1-20(2)25(23,24)17-12-8-7-11-16(17)13-19-18(22)21(3)14-15-9-5-4-6-10-15/h4-12H,13-14H2,1-3H3,(H,19,22). The molecule has 0 unspecified atom stereocenters. The monoisotopic (exact) mass is 361 g/mol. The van der Waals surface area contributed by atoms with Crippen LogP contribution in [0.25, 0.3) is 0 Å². The molecule has 2 amide bonds. The summed E-state index contributed by atoms with van der Waals surface area (Å²) in [7, 11) is 1.11. The first kappa shape index (κ1) is 19.0. The Bertz CT molecular complexity index is 820. The summed E-state index contributed by atoms with van der Waals surface area (Å²) in [6.07, 6.45) is 0. The Morgan fingerprint density at radius 1 is 0.960 bits per heavy atom. The van der Waals surface area contributed by atoms with Crippen LogP contribution in [0.1, 0.15) is 11.1 Å². The average Bonchev–Trinajstić information content (AvgIpc) is 2.60. The second-order valence-corrected chi connectivity index (χ2v) is 8.02. The molecule has 0 spiro atoms. The van der Waals surface area contributed by atoms with Gasteiger partial charge in [0.1, 0.15) is 0 Å². The average molecular weight is 361 g/mol. The maximum atomic E-state index is 12.4. The van der Waals surface area contributed by atoms with Crippen LogP contribution in [-0.4, -0.2) is 44.8 Å². The number of hydrogen-bond donors (Lipinski definition) is 1. The van der Waals surface area contributed by atoms with E-state index in [2.05, 4.69) is 5.32 Å². The topological polar surface area (TPSA) is 69.7 Å². The van der Waals surface area contributed by atoms with Gasteiger partial charge in [0.05, 0.1) is 4.90 Å². The number of sulfonamides is 1. The van der Waals surface area contributed by atoms with Crippen LogP contribution in [0.3, 0.4) is 0 Å². The van der Waals surface area contributed by atoms with E-state index in [1.165, 1.54) is 14.1 Å². The molecule has 6 nitrogen and oxygen atoms in total. The quantitative estimate of drug-likeness (QED) is 0.858. The van der Waals surface area contributed by atoms with E-state index < -0.39 is 10.0 Å². The SMILES string of the molecule is CN(Cc1ccccc1)C(=O)NCc1ccccc1S(=O)(=O)N(C)C. The highest BCUT2D eigenvalue weighted by molar-refractivity contribution is 7.89. The normalized spacial score (nSPS) is 11.4. The molecule has 0 heterocycles. The first-order valence-corrected chi connectivity index (χ1v) is 9.29. The molecule has 0 radical (unpaired) electrons. The lowest BCUT2D eigenvalue weighted by atomic mass is 10.2. The molecule has 1 N–H and O–H groups in total. The third kappa shape index (κ3) is 4.80. The summed E-state index contributed by atoms with van der Waals surface area (Å²) in [5, 5.41) is 2.77. The second kappa shape index (κ2) is 8.13. The molecule has 25 heavy (non-hydrogen) atoms. The van der Waals surface area contributed by atoms with E-state index in [0.717, 1.165) is 9.87 Å². The third-order valence-corrected chi connectivity index (χ3v) is 5.69. The van der Waals surface area contributed by atoms with Gasteiger partial charge in [-0.3, -0.25) is 0 Å². The number of urea groups is 1. The molecule has 7 heteroatoms. The largest absolute Gasteiger partial charge is 0.334 e. The van der Waals surface area contributed by atoms with E-state index in [-0.39, 0.29) is 17.5 Å². The van der Waals surface area contributed by atoms with Crippen molar-refractivity contribution >= 4 is 16.1 Å². The van der Waals surface area contributed by atoms with Crippen LogP contribution >= 0.6 is 0 Å². The Hall–Kier alpha value is -2.38. The highest BCUT2D eigenvalue weighted by atomic mass is 32.2. The summed E-state index contributed by atoms with van der Waals surface area (Å²) in [5.41, 5.74) is 1.58. The van der Waals surface area contributed by atoms with Gasteiger partial charge in [-0.25, -0.2) is 17.5 Å². The van der Waals surface area contributed by atoms with Gasteiger partial charge in [-0.05, 0) is 17.2 Å². The molecule has 0 aliphatic heterocycles. The zero-order valence-electron chi connectivity index (χ0n) is 14.6. The van der Waals surface area contributed by atoms with Crippen molar-refractivity contribution in [3.05, 3.63) is 65.7 Å². The minimum atomic E-state index is -3.56. The molecule has 134 valence electrons. The lowest BCUT2D eigenvalue weighted by Crippen LogP contribution is -2.36. The molecule has 0 saturated carbocycles. The maximum Gasteiger partial charge on any atom is 0.317 e. The fraction of sp³-hybridized carbons (Fsp3) is 0.278. The van der Waals surface area contributed by atoms with E-state index in [4.69, 9.17) is 0 Å². The lowest BCUT2D eigenvalue weighted by Gasteiger charge is -2.19. The third-order valence-electron chi connectivity index (χ3n) is 3.77. The molecule has 2 aromatic carbocycles. The molecule has 0 fully saturated rings. The number of nitrogens with one attached hydrogen (secondary N) is 1. The molecular weight excluding hydrogens is 338 g/mol. The zero-order chi connectivity index (χ0) is 18.4. The minimum absolute atomic E-state index is 0.140. The van der Waals surface area contributed by atoms with Crippen LogP contribution < -0.4 is 5.32 Å². The molecule has 0 aliphatic rings.